The van der Waals surface area contributed by atoms with E-state index in [0.717, 1.165) is 5.56 Å². The molecule has 0 radical (unpaired) electrons. The third-order valence-corrected chi connectivity index (χ3v) is 6.42. The highest BCUT2D eigenvalue weighted by atomic mass is 19.3. The Hall–Kier alpha value is -4.65. The summed E-state index contributed by atoms with van der Waals surface area (Å²) in [6.07, 6.45) is 3.18. The lowest BCUT2D eigenvalue weighted by Gasteiger charge is -2.32. The van der Waals surface area contributed by atoms with E-state index in [9.17, 15) is 8.78 Å². The number of benzene rings is 2. The first-order chi connectivity index (χ1) is 18.9. The van der Waals surface area contributed by atoms with Crippen molar-refractivity contribution in [2.24, 2.45) is 0 Å². The maximum atomic E-state index is 14.6. The molecule has 5 aromatic rings. The summed E-state index contributed by atoms with van der Waals surface area (Å²) in [5, 5.41) is 10.4. The zero-order valence-corrected chi connectivity index (χ0v) is 21.1. The number of alkyl halides is 2. The minimum atomic E-state index is -3.05. The van der Waals surface area contributed by atoms with Crippen LogP contribution in [-0.4, -0.2) is 61.8 Å². The molecule has 13 heteroatoms. The van der Waals surface area contributed by atoms with Gasteiger partial charge in [0, 0.05) is 18.2 Å². The van der Waals surface area contributed by atoms with E-state index in [4.69, 9.17) is 14.2 Å². The molecule has 6 rings (SSSR count). The van der Waals surface area contributed by atoms with E-state index in [1.165, 1.54) is 30.6 Å². The van der Waals surface area contributed by atoms with Crippen LogP contribution in [0, 0.1) is 6.92 Å². The van der Waals surface area contributed by atoms with Gasteiger partial charge in [0.2, 0.25) is 5.88 Å². The minimum Gasteiger partial charge on any atom is -0.493 e. The van der Waals surface area contributed by atoms with Crippen molar-refractivity contribution in [2.75, 3.05) is 25.5 Å². The first-order valence-electron chi connectivity index (χ1n) is 12.2. The van der Waals surface area contributed by atoms with Crippen molar-refractivity contribution < 1.29 is 23.0 Å². The fourth-order valence-electron chi connectivity index (χ4n) is 4.43. The molecule has 11 nitrogen and oxygen atoms in total. The monoisotopic (exact) mass is 534 g/mol. The summed E-state index contributed by atoms with van der Waals surface area (Å²) in [5.74, 6) is -1.20. The Morgan fingerprint density at radius 1 is 1.05 bits per heavy atom. The predicted molar refractivity (Wildman–Crippen MR) is 138 cm³/mol. The van der Waals surface area contributed by atoms with Crippen LogP contribution < -0.4 is 24.8 Å². The molecular formula is C26H24F2N8O3. The molecule has 0 aliphatic carbocycles. The van der Waals surface area contributed by atoms with Gasteiger partial charge in [0.15, 0.2) is 23.3 Å². The number of piperidine rings is 1. The number of aromatic nitrogens is 6. The molecule has 3 aromatic heterocycles. The second-order valence-corrected chi connectivity index (χ2v) is 9.04. The van der Waals surface area contributed by atoms with E-state index in [1.807, 2.05) is 19.1 Å². The average molecular weight is 535 g/mol. The van der Waals surface area contributed by atoms with Crippen LogP contribution in [0.4, 0.5) is 20.3 Å². The smallest absolute Gasteiger partial charge is 0.296 e. The van der Waals surface area contributed by atoms with Crippen LogP contribution in [0.25, 0.3) is 16.6 Å². The SMILES string of the molecule is COc1ccc2ncnc(Nc3ccc(Oc4cc5ncnn5cn4)c(C)c3)c2c1O[C@@H]1CCNCC1(F)F. The Bertz CT molecular complexity index is 1660. The average Bonchev–Trinajstić information content (AvgIpc) is 3.39. The quantitative estimate of drug-likeness (QED) is 0.313. The lowest BCUT2D eigenvalue weighted by Crippen LogP contribution is -2.52. The topological polar surface area (TPSA) is 121 Å². The van der Waals surface area contributed by atoms with Crippen molar-refractivity contribution in [3.8, 4) is 23.1 Å². The summed E-state index contributed by atoms with van der Waals surface area (Å²) in [6.45, 7) is 1.86. The molecule has 0 saturated carbocycles. The van der Waals surface area contributed by atoms with Gasteiger partial charge in [-0.15, -0.1) is 0 Å². The molecular weight excluding hydrogens is 510 g/mol. The summed E-state index contributed by atoms with van der Waals surface area (Å²) in [6, 6.07) is 10.6. The molecule has 1 fully saturated rings. The summed E-state index contributed by atoms with van der Waals surface area (Å²) in [7, 11) is 1.46. The van der Waals surface area contributed by atoms with Crippen LogP contribution in [0.2, 0.25) is 0 Å². The molecule has 0 bridgehead atoms. The van der Waals surface area contributed by atoms with Gasteiger partial charge in [-0.05, 0) is 49.4 Å². The summed E-state index contributed by atoms with van der Waals surface area (Å²) in [4.78, 5) is 17.1. The van der Waals surface area contributed by atoms with Crippen molar-refractivity contribution >= 4 is 28.1 Å². The van der Waals surface area contributed by atoms with Gasteiger partial charge in [-0.2, -0.15) is 5.10 Å². The second kappa shape index (κ2) is 9.91. The number of nitrogens with one attached hydrogen (secondary N) is 2. The molecule has 1 saturated heterocycles. The van der Waals surface area contributed by atoms with Crippen LogP contribution in [0.15, 0.2) is 55.4 Å². The fourth-order valence-corrected chi connectivity index (χ4v) is 4.43. The fraction of sp³-hybridized carbons (Fsp3) is 0.269. The maximum absolute atomic E-state index is 14.6. The van der Waals surface area contributed by atoms with Crippen LogP contribution in [0.1, 0.15) is 12.0 Å². The van der Waals surface area contributed by atoms with E-state index in [0.29, 0.717) is 52.0 Å². The standard InChI is InChI=1S/C26H24F2N8O3/c1-15-9-16(3-5-18(15)38-22-10-21-31-13-34-36(21)14-33-22)35-25-23-17(30-12-32-25)4-6-19(37-2)24(23)39-20-7-8-29-11-26(20,27)28/h3-6,9-10,12-14,20,29H,7-8,11H2,1-2H3,(H,30,32,35)/t20-/m1/s1. The Kier molecular flexibility index (Phi) is 6.27. The van der Waals surface area contributed by atoms with Crippen molar-refractivity contribution in [1.29, 1.82) is 0 Å². The zero-order chi connectivity index (χ0) is 27.0. The van der Waals surface area contributed by atoms with Gasteiger partial charge in [0.1, 0.15) is 30.5 Å². The molecule has 0 unspecified atom stereocenters. The van der Waals surface area contributed by atoms with Gasteiger partial charge >= 0.3 is 0 Å². The van der Waals surface area contributed by atoms with E-state index in [2.05, 4.69) is 35.7 Å². The number of aryl methyl sites for hydroxylation is 1. The van der Waals surface area contributed by atoms with Crippen LogP contribution >= 0.6 is 0 Å². The lowest BCUT2D eigenvalue weighted by molar-refractivity contribution is -0.108. The zero-order valence-electron chi connectivity index (χ0n) is 21.1. The number of fused-ring (bicyclic) bond motifs is 2. The molecule has 1 aliphatic heterocycles. The molecule has 4 heterocycles. The largest absolute Gasteiger partial charge is 0.493 e. The Morgan fingerprint density at radius 3 is 2.74 bits per heavy atom. The maximum Gasteiger partial charge on any atom is 0.296 e. The van der Waals surface area contributed by atoms with Gasteiger partial charge < -0.3 is 24.8 Å². The molecule has 200 valence electrons. The van der Waals surface area contributed by atoms with Gasteiger partial charge in [0.25, 0.3) is 5.92 Å². The Morgan fingerprint density at radius 2 is 1.92 bits per heavy atom. The number of hydrogen-bond acceptors (Lipinski definition) is 10. The van der Waals surface area contributed by atoms with Gasteiger partial charge in [-0.1, -0.05) is 0 Å². The number of ether oxygens (including phenoxy) is 3. The minimum absolute atomic E-state index is 0.141. The summed E-state index contributed by atoms with van der Waals surface area (Å²) >= 11 is 0. The summed E-state index contributed by atoms with van der Waals surface area (Å²) in [5.41, 5.74) is 2.65. The van der Waals surface area contributed by atoms with E-state index < -0.39 is 18.6 Å². The third kappa shape index (κ3) is 4.83. The van der Waals surface area contributed by atoms with Gasteiger partial charge in [-0.25, -0.2) is 33.2 Å². The number of rotatable bonds is 7. The molecule has 1 atom stereocenters. The van der Waals surface area contributed by atoms with Crippen molar-refractivity contribution in [3.05, 3.63) is 60.9 Å². The predicted octanol–water partition coefficient (Wildman–Crippen LogP) is 4.30. The molecule has 0 amide bonds. The molecule has 0 spiro atoms. The Balaban J connectivity index is 1.31. The summed E-state index contributed by atoms with van der Waals surface area (Å²) < 4.78 is 48.2. The first kappa shape index (κ1) is 24.7. The van der Waals surface area contributed by atoms with Gasteiger partial charge in [-0.3, -0.25) is 0 Å². The van der Waals surface area contributed by atoms with E-state index in [-0.39, 0.29) is 12.2 Å². The highest BCUT2D eigenvalue weighted by molar-refractivity contribution is 5.97. The number of hydrogen-bond donors (Lipinski definition) is 2. The highest BCUT2D eigenvalue weighted by Gasteiger charge is 2.44. The lowest BCUT2D eigenvalue weighted by atomic mass is 10.1. The number of methoxy groups -OCH3 is 1. The van der Waals surface area contributed by atoms with E-state index >= 15 is 0 Å². The number of halogens is 2. The first-order valence-corrected chi connectivity index (χ1v) is 12.2. The van der Waals surface area contributed by atoms with Crippen molar-refractivity contribution in [3.63, 3.8) is 0 Å². The number of anilines is 2. The molecule has 39 heavy (non-hydrogen) atoms. The van der Waals surface area contributed by atoms with Crippen molar-refractivity contribution in [2.45, 2.75) is 25.4 Å². The van der Waals surface area contributed by atoms with Crippen LogP contribution in [0.5, 0.6) is 23.1 Å². The highest BCUT2D eigenvalue weighted by Crippen LogP contribution is 2.42. The molecule has 2 aromatic carbocycles. The number of nitrogens with zero attached hydrogens (tertiary/aromatic N) is 6. The Labute approximate surface area is 221 Å². The van der Waals surface area contributed by atoms with E-state index in [1.54, 1.807) is 24.3 Å². The molecule has 1 aliphatic rings. The second-order valence-electron chi connectivity index (χ2n) is 9.04. The molecule has 2 N–H and O–H groups in total. The van der Waals surface area contributed by atoms with Crippen LogP contribution in [-0.2, 0) is 0 Å². The third-order valence-electron chi connectivity index (χ3n) is 6.42. The van der Waals surface area contributed by atoms with Gasteiger partial charge in [0.05, 0.1) is 24.6 Å². The normalized spacial score (nSPS) is 16.8. The van der Waals surface area contributed by atoms with Crippen LogP contribution in [0.3, 0.4) is 0 Å². The van der Waals surface area contributed by atoms with Crippen molar-refractivity contribution in [1.82, 2.24) is 34.9 Å².